The van der Waals surface area contributed by atoms with Gasteiger partial charge in [0.25, 0.3) is 0 Å². The molecule has 0 saturated carbocycles. The van der Waals surface area contributed by atoms with Crippen molar-refractivity contribution in [1.29, 1.82) is 5.26 Å². The van der Waals surface area contributed by atoms with Gasteiger partial charge in [-0.3, -0.25) is 4.79 Å². The molecule has 0 aliphatic heterocycles. The van der Waals surface area contributed by atoms with E-state index in [-0.39, 0.29) is 12.5 Å². The van der Waals surface area contributed by atoms with Gasteiger partial charge in [0.05, 0.1) is 18.4 Å². The van der Waals surface area contributed by atoms with Crippen LogP contribution in [-0.4, -0.2) is 29.5 Å². The fourth-order valence-electron chi connectivity index (χ4n) is 1.78. The lowest BCUT2D eigenvalue weighted by atomic mass is 10.3. The van der Waals surface area contributed by atoms with Crippen LogP contribution in [-0.2, 0) is 4.79 Å². The van der Waals surface area contributed by atoms with E-state index in [1.54, 1.807) is 36.3 Å². The number of nitriles is 1. The van der Waals surface area contributed by atoms with Crippen molar-refractivity contribution in [1.82, 2.24) is 9.97 Å². The summed E-state index contributed by atoms with van der Waals surface area (Å²) < 4.78 is 0. The van der Waals surface area contributed by atoms with E-state index in [4.69, 9.17) is 5.26 Å². The van der Waals surface area contributed by atoms with Gasteiger partial charge < -0.3 is 10.2 Å². The average Bonchev–Trinajstić information content (AvgIpc) is 2.47. The molecule has 2 aromatic heterocycles. The summed E-state index contributed by atoms with van der Waals surface area (Å²) in [7, 11) is 1.78. The summed E-state index contributed by atoms with van der Waals surface area (Å²) >= 11 is 0. The molecule has 2 aromatic rings. The molecule has 6 heteroatoms. The third-order valence-electron chi connectivity index (χ3n) is 2.84. The molecule has 0 radical (unpaired) electrons. The second-order valence-electron chi connectivity index (χ2n) is 4.58. The van der Waals surface area contributed by atoms with Crippen LogP contribution in [0.1, 0.15) is 11.4 Å². The lowest BCUT2D eigenvalue weighted by Crippen LogP contribution is -2.30. The van der Waals surface area contributed by atoms with Gasteiger partial charge in [0.1, 0.15) is 17.6 Å². The molecule has 1 amide bonds. The van der Waals surface area contributed by atoms with Crippen molar-refractivity contribution in [3.05, 3.63) is 47.9 Å². The molecule has 0 aliphatic carbocycles. The number of hydrogen-bond acceptors (Lipinski definition) is 5. The Morgan fingerprint density at radius 1 is 1.38 bits per heavy atom. The Hall–Kier alpha value is -2.94. The SMILES string of the molecule is Cc1cccc(NC(=O)CN(C)c2ccc(C#N)nc2)n1. The molecule has 21 heavy (non-hydrogen) atoms. The molecule has 0 atom stereocenters. The number of amides is 1. The highest BCUT2D eigenvalue weighted by Crippen LogP contribution is 2.11. The first-order valence-corrected chi connectivity index (χ1v) is 6.39. The van der Waals surface area contributed by atoms with Crippen molar-refractivity contribution in [3.63, 3.8) is 0 Å². The highest BCUT2D eigenvalue weighted by molar-refractivity contribution is 5.93. The number of pyridine rings is 2. The highest BCUT2D eigenvalue weighted by Gasteiger charge is 2.09. The molecule has 1 N–H and O–H groups in total. The van der Waals surface area contributed by atoms with Crippen molar-refractivity contribution in [3.8, 4) is 6.07 Å². The molecular formula is C15H15N5O. The van der Waals surface area contributed by atoms with Gasteiger partial charge >= 0.3 is 0 Å². The highest BCUT2D eigenvalue weighted by atomic mass is 16.2. The summed E-state index contributed by atoms with van der Waals surface area (Å²) in [6.07, 6.45) is 1.57. The molecule has 0 aliphatic rings. The normalized spacial score (nSPS) is 9.76. The minimum Gasteiger partial charge on any atom is -0.364 e. The van der Waals surface area contributed by atoms with Gasteiger partial charge in [0.2, 0.25) is 5.91 Å². The van der Waals surface area contributed by atoms with Crippen molar-refractivity contribution < 1.29 is 4.79 Å². The van der Waals surface area contributed by atoms with E-state index >= 15 is 0 Å². The number of carbonyl (C=O) groups is 1. The molecule has 0 fully saturated rings. The number of anilines is 2. The molecule has 0 bridgehead atoms. The second-order valence-corrected chi connectivity index (χ2v) is 4.58. The van der Waals surface area contributed by atoms with E-state index in [9.17, 15) is 4.79 Å². The number of hydrogen-bond donors (Lipinski definition) is 1. The first-order valence-electron chi connectivity index (χ1n) is 6.39. The summed E-state index contributed by atoms with van der Waals surface area (Å²) in [6.45, 7) is 2.04. The zero-order valence-corrected chi connectivity index (χ0v) is 11.9. The van der Waals surface area contributed by atoms with Crippen LogP contribution < -0.4 is 10.2 Å². The van der Waals surface area contributed by atoms with Crippen molar-refractivity contribution in [2.45, 2.75) is 6.92 Å². The molecular weight excluding hydrogens is 266 g/mol. The predicted molar refractivity (Wildman–Crippen MR) is 79.8 cm³/mol. The number of aryl methyl sites for hydroxylation is 1. The molecule has 2 heterocycles. The van der Waals surface area contributed by atoms with Crippen LogP contribution in [0.15, 0.2) is 36.5 Å². The van der Waals surface area contributed by atoms with Crippen LogP contribution in [0, 0.1) is 18.3 Å². The minimum absolute atomic E-state index is 0.167. The Bertz CT molecular complexity index is 675. The van der Waals surface area contributed by atoms with Gasteiger partial charge in [-0.05, 0) is 31.2 Å². The summed E-state index contributed by atoms with van der Waals surface area (Å²) in [5.41, 5.74) is 1.96. The molecule has 106 valence electrons. The lowest BCUT2D eigenvalue weighted by Gasteiger charge is -2.18. The fraction of sp³-hybridized carbons (Fsp3) is 0.200. The Labute approximate surface area is 123 Å². The first-order chi connectivity index (χ1) is 10.1. The van der Waals surface area contributed by atoms with Crippen molar-refractivity contribution in [2.75, 3.05) is 23.8 Å². The largest absolute Gasteiger partial charge is 0.364 e. The number of likely N-dealkylation sites (N-methyl/N-ethyl adjacent to an activating group) is 1. The Balaban J connectivity index is 1.97. The van der Waals surface area contributed by atoms with Crippen LogP contribution in [0.25, 0.3) is 0 Å². The van der Waals surface area contributed by atoms with E-state index in [1.165, 1.54) is 0 Å². The maximum absolute atomic E-state index is 12.0. The van der Waals surface area contributed by atoms with Crippen LogP contribution in [0.4, 0.5) is 11.5 Å². The zero-order valence-electron chi connectivity index (χ0n) is 11.9. The van der Waals surface area contributed by atoms with Gasteiger partial charge in [-0.1, -0.05) is 6.07 Å². The van der Waals surface area contributed by atoms with E-state index in [0.717, 1.165) is 11.4 Å². The monoisotopic (exact) mass is 281 g/mol. The third kappa shape index (κ3) is 4.01. The third-order valence-corrected chi connectivity index (χ3v) is 2.84. The van der Waals surface area contributed by atoms with E-state index in [2.05, 4.69) is 15.3 Å². The van der Waals surface area contributed by atoms with E-state index < -0.39 is 0 Å². The topological polar surface area (TPSA) is 81.9 Å². The summed E-state index contributed by atoms with van der Waals surface area (Å²) in [5, 5.41) is 11.4. The molecule has 0 aromatic carbocycles. The van der Waals surface area contributed by atoms with Crippen molar-refractivity contribution in [2.24, 2.45) is 0 Å². The molecule has 6 nitrogen and oxygen atoms in total. The minimum atomic E-state index is -0.167. The fourth-order valence-corrected chi connectivity index (χ4v) is 1.78. The molecule has 0 saturated heterocycles. The number of carbonyl (C=O) groups excluding carboxylic acids is 1. The van der Waals surface area contributed by atoms with Crippen LogP contribution >= 0.6 is 0 Å². The Morgan fingerprint density at radius 2 is 2.19 bits per heavy atom. The Kier molecular flexibility index (Phi) is 4.46. The standard InChI is InChI=1S/C15H15N5O/c1-11-4-3-5-14(18-11)19-15(21)10-20(2)13-7-6-12(8-16)17-9-13/h3-7,9H,10H2,1-2H3,(H,18,19,21). The number of nitrogens with one attached hydrogen (secondary N) is 1. The molecule has 0 spiro atoms. The van der Waals surface area contributed by atoms with Crippen LogP contribution in [0.5, 0.6) is 0 Å². The first kappa shape index (κ1) is 14.5. The van der Waals surface area contributed by atoms with E-state index in [0.29, 0.717) is 11.5 Å². The predicted octanol–water partition coefficient (Wildman–Crippen LogP) is 1.73. The van der Waals surface area contributed by atoms with Gasteiger partial charge in [-0.25, -0.2) is 9.97 Å². The average molecular weight is 281 g/mol. The zero-order chi connectivity index (χ0) is 15.2. The van der Waals surface area contributed by atoms with Crippen LogP contribution in [0.2, 0.25) is 0 Å². The van der Waals surface area contributed by atoms with Crippen LogP contribution in [0.3, 0.4) is 0 Å². The van der Waals surface area contributed by atoms with Gasteiger partial charge in [0, 0.05) is 12.7 Å². The van der Waals surface area contributed by atoms with Gasteiger partial charge in [-0.15, -0.1) is 0 Å². The lowest BCUT2D eigenvalue weighted by molar-refractivity contribution is -0.114. The molecule has 2 rings (SSSR count). The van der Waals surface area contributed by atoms with Gasteiger partial charge in [0.15, 0.2) is 0 Å². The quantitative estimate of drug-likeness (QED) is 0.923. The van der Waals surface area contributed by atoms with Crippen molar-refractivity contribution >= 4 is 17.4 Å². The number of rotatable bonds is 4. The second kappa shape index (κ2) is 6.48. The number of nitrogens with zero attached hydrogens (tertiary/aromatic N) is 4. The maximum Gasteiger partial charge on any atom is 0.245 e. The number of aromatic nitrogens is 2. The Morgan fingerprint density at radius 3 is 2.81 bits per heavy atom. The van der Waals surface area contributed by atoms with Gasteiger partial charge in [-0.2, -0.15) is 5.26 Å². The molecule has 0 unspecified atom stereocenters. The van der Waals surface area contributed by atoms with E-state index in [1.807, 2.05) is 25.1 Å². The summed E-state index contributed by atoms with van der Waals surface area (Å²) in [4.78, 5) is 21.9. The summed E-state index contributed by atoms with van der Waals surface area (Å²) in [5.74, 6) is 0.367. The maximum atomic E-state index is 12.0. The summed E-state index contributed by atoms with van der Waals surface area (Å²) in [6, 6.07) is 10.8. The smallest absolute Gasteiger partial charge is 0.245 e.